The standard InChI is InChI=1S/C25H31N3O/c29-24(27-17-19-7-8-19)14-21-15-25(23-6-2-1-5-22(21)23)9-12-28(13-10-25)18-20-4-3-11-26-16-20/h1-6,11,16,19,21H,7-10,12-15,17-18H2,(H,27,29). The molecular weight excluding hydrogens is 358 g/mol. The second-order valence-corrected chi connectivity index (χ2v) is 9.36. The molecule has 4 heteroatoms. The lowest BCUT2D eigenvalue weighted by molar-refractivity contribution is -0.121. The Morgan fingerprint density at radius 1 is 1.14 bits per heavy atom. The van der Waals surface area contributed by atoms with Gasteiger partial charge in [0.15, 0.2) is 0 Å². The molecule has 4 nitrogen and oxygen atoms in total. The molecule has 1 aromatic carbocycles. The predicted molar refractivity (Wildman–Crippen MR) is 115 cm³/mol. The quantitative estimate of drug-likeness (QED) is 0.812. The molecule has 1 N–H and O–H groups in total. The van der Waals surface area contributed by atoms with Gasteiger partial charge in [0.1, 0.15) is 0 Å². The Hall–Kier alpha value is -2.20. The minimum absolute atomic E-state index is 0.239. The predicted octanol–water partition coefficient (Wildman–Crippen LogP) is 4.02. The summed E-state index contributed by atoms with van der Waals surface area (Å²) in [6, 6.07) is 13.1. The van der Waals surface area contributed by atoms with Crippen molar-refractivity contribution in [3.8, 4) is 0 Å². The van der Waals surface area contributed by atoms with E-state index in [-0.39, 0.29) is 11.3 Å². The third-order valence-electron chi connectivity index (χ3n) is 7.27. The fraction of sp³-hybridized carbons (Fsp3) is 0.520. The molecule has 2 heterocycles. The van der Waals surface area contributed by atoms with Crippen molar-refractivity contribution in [2.75, 3.05) is 19.6 Å². The van der Waals surface area contributed by atoms with Crippen molar-refractivity contribution in [1.29, 1.82) is 0 Å². The van der Waals surface area contributed by atoms with Crippen molar-refractivity contribution < 1.29 is 4.79 Å². The van der Waals surface area contributed by atoms with Gasteiger partial charge in [-0.1, -0.05) is 30.3 Å². The molecule has 0 bridgehead atoms. The molecule has 3 aliphatic rings. The van der Waals surface area contributed by atoms with E-state index in [4.69, 9.17) is 0 Å². The molecule has 0 radical (unpaired) electrons. The van der Waals surface area contributed by atoms with Crippen LogP contribution in [0.25, 0.3) is 0 Å². The van der Waals surface area contributed by atoms with Gasteiger partial charge in [-0.2, -0.15) is 0 Å². The van der Waals surface area contributed by atoms with E-state index in [2.05, 4.69) is 45.5 Å². The highest BCUT2D eigenvalue weighted by Gasteiger charge is 2.45. The maximum absolute atomic E-state index is 12.5. The van der Waals surface area contributed by atoms with Gasteiger partial charge in [-0.3, -0.25) is 14.7 Å². The molecule has 1 aromatic heterocycles. The number of likely N-dealkylation sites (tertiary alicyclic amines) is 1. The molecule has 1 amide bonds. The highest BCUT2D eigenvalue weighted by molar-refractivity contribution is 5.77. The summed E-state index contributed by atoms with van der Waals surface area (Å²) in [6.07, 6.45) is 10.5. The zero-order valence-corrected chi connectivity index (χ0v) is 17.1. The second kappa shape index (κ2) is 7.91. The number of aromatic nitrogens is 1. The molecule has 2 aromatic rings. The van der Waals surface area contributed by atoms with Crippen molar-refractivity contribution in [2.24, 2.45) is 5.92 Å². The van der Waals surface area contributed by atoms with Crippen LogP contribution in [0, 0.1) is 5.92 Å². The van der Waals surface area contributed by atoms with Gasteiger partial charge in [-0.25, -0.2) is 0 Å². The average molecular weight is 390 g/mol. The summed E-state index contributed by atoms with van der Waals surface area (Å²) in [4.78, 5) is 19.4. The largest absolute Gasteiger partial charge is 0.356 e. The molecule has 1 aliphatic heterocycles. The van der Waals surface area contributed by atoms with E-state index in [9.17, 15) is 4.79 Å². The first-order valence-corrected chi connectivity index (χ1v) is 11.2. The summed E-state index contributed by atoms with van der Waals surface area (Å²) in [7, 11) is 0. The lowest BCUT2D eigenvalue weighted by Gasteiger charge is -2.40. The van der Waals surface area contributed by atoms with Crippen molar-refractivity contribution in [1.82, 2.24) is 15.2 Å². The summed E-state index contributed by atoms with van der Waals surface area (Å²) >= 11 is 0. The van der Waals surface area contributed by atoms with E-state index in [1.54, 1.807) is 0 Å². The summed E-state index contributed by atoms with van der Waals surface area (Å²) in [5.41, 5.74) is 4.49. The summed E-state index contributed by atoms with van der Waals surface area (Å²) in [5, 5.41) is 3.17. The monoisotopic (exact) mass is 389 g/mol. The second-order valence-electron chi connectivity index (χ2n) is 9.36. The van der Waals surface area contributed by atoms with E-state index < -0.39 is 0 Å². The van der Waals surface area contributed by atoms with Gasteiger partial charge >= 0.3 is 0 Å². The molecule has 29 heavy (non-hydrogen) atoms. The molecule has 1 saturated heterocycles. The molecule has 1 atom stereocenters. The average Bonchev–Trinajstić information content (AvgIpc) is 3.54. The van der Waals surface area contributed by atoms with Crippen molar-refractivity contribution >= 4 is 5.91 Å². The van der Waals surface area contributed by atoms with Gasteiger partial charge in [0.25, 0.3) is 0 Å². The number of hydrogen-bond donors (Lipinski definition) is 1. The fourth-order valence-electron chi connectivity index (χ4n) is 5.45. The third kappa shape index (κ3) is 4.09. The minimum Gasteiger partial charge on any atom is -0.356 e. The van der Waals surface area contributed by atoms with E-state index in [1.165, 1.54) is 42.4 Å². The number of amides is 1. The zero-order valence-electron chi connectivity index (χ0n) is 17.1. The Balaban J connectivity index is 1.25. The fourth-order valence-corrected chi connectivity index (χ4v) is 5.45. The van der Waals surface area contributed by atoms with Crippen LogP contribution >= 0.6 is 0 Å². The Kier molecular flexibility index (Phi) is 5.13. The lowest BCUT2D eigenvalue weighted by Crippen LogP contribution is -2.41. The summed E-state index contributed by atoms with van der Waals surface area (Å²) < 4.78 is 0. The number of pyridine rings is 1. The zero-order chi connectivity index (χ0) is 19.7. The number of nitrogens with zero attached hydrogens (tertiary/aromatic N) is 2. The first-order chi connectivity index (χ1) is 14.2. The highest BCUT2D eigenvalue weighted by atomic mass is 16.1. The first-order valence-electron chi connectivity index (χ1n) is 11.2. The molecule has 2 aliphatic carbocycles. The van der Waals surface area contributed by atoms with Crippen molar-refractivity contribution in [2.45, 2.75) is 56.4 Å². The van der Waals surface area contributed by atoms with E-state index in [0.29, 0.717) is 12.3 Å². The number of carbonyl (C=O) groups excluding carboxylic acids is 1. The van der Waals surface area contributed by atoms with Crippen LogP contribution in [0.15, 0.2) is 48.8 Å². The Bertz CT molecular complexity index is 853. The lowest BCUT2D eigenvalue weighted by atomic mass is 9.73. The smallest absolute Gasteiger partial charge is 0.220 e. The highest BCUT2D eigenvalue weighted by Crippen LogP contribution is 2.52. The van der Waals surface area contributed by atoms with Gasteiger partial charge in [-0.05, 0) is 85.2 Å². The van der Waals surface area contributed by atoms with Crippen LogP contribution in [0.1, 0.15) is 61.1 Å². The van der Waals surface area contributed by atoms with Crippen molar-refractivity contribution in [3.05, 3.63) is 65.5 Å². The van der Waals surface area contributed by atoms with Crippen LogP contribution < -0.4 is 5.32 Å². The van der Waals surface area contributed by atoms with Crippen LogP contribution in [0.5, 0.6) is 0 Å². The number of nitrogens with one attached hydrogen (secondary N) is 1. The first kappa shape index (κ1) is 18.8. The summed E-state index contributed by atoms with van der Waals surface area (Å²) in [5.74, 6) is 1.35. The summed E-state index contributed by atoms with van der Waals surface area (Å²) in [6.45, 7) is 4.09. The normalized spacial score (nSPS) is 23.1. The molecule has 5 rings (SSSR count). The van der Waals surface area contributed by atoms with Gasteiger partial charge in [0, 0.05) is 31.9 Å². The number of rotatable bonds is 6. The number of carbonyl (C=O) groups is 1. The third-order valence-corrected chi connectivity index (χ3v) is 7.27. The molecule has 152 valence electrons. The minimum atomic E-state index is 0.239. The molecule has 2 fully saturated rings. The maximum Gasteiger partial charge on any atom is 0.220 e. The van der Waals surface area contributed by atoms with Crippen LogP contribution in [0.3, 0.4) is 0 Å². The molecular formula is C25H31N3O. The Morgan fingerprint density at radius 2 is 1.97 bits per heavy atom. The van der Waals surface area contributed by atoms with Crippen LogP contribution in [-0.2, 0) is 16.8 Å². The van der Waals surface area contributed by atoms with Gasteiger partial charge in [0.05, 0.1) is 0 Å². The molecule has 1 spiro atoms. The van der Waals surface area contributed by atoms with E-state index in [0.717, 1.165) is 38.5 Å². The molecule has 1 saturated carbocycles. The van der Waals surface area contributed by atoms with Gasteiger partial charge < -0.3 is 5.32 Å². The number of fused-ring (bicyclic) bond motifs is 2. The van der Waals surface area contributed by atoms with Crippen LogP contribution in [0.4, 0.5) is 0 Å². The number of piperidine rings is 1. The van der Waals surface area contributed by atoms with E-state index in [1.807, 2.05) is 18.5 Å². The van der Waals surface area contributed by atoms with E-state index >= 15 is 0 Å². The van der Waals surface area contributed by atoms with Crippen molar-refractivity contribution in [3.63, 3.8) is 0 Å². The van der Waals surface area contributed by atoms with Crippen LogP contribution in [-0.4, -0.2) is 35.4 Å². The van der Waals surface area contributed by atoms with Gasteiger partial charge in [-0.15, -0.1) is 0 Å². The Morgan fingerprint density at radius 3 is 2.72 bits per heavy atom. The molecule has 1 unspecified atom stereocenters. The topological polar surface area (TPSA) is 45.2 Å². The van der Waals surface area contributed by atoms with Gasteiger partial charge in [0.2, 0.25) is 5.91 Å². The van der Waals surface area contributed by atoms with Crippen LogP contribution in [0.2, 0.25) is 0 Å². The Labute approximate surface area is 173 Å². The number of benzene rings is 1. The SMILES string of the molecule is O=C(CC1CC2(CCN(Cc3cccnc3)CC2)c2ccccc21)NCC1CC1. The maximum atomic E-state index is 12.5. The number of hydrogen-bond acceptors (Lipinski definition) is 3.